The summed E-state index contributed by atoms with van der Waals surface area (Å²) in [5, 5.41) is 0. The monoisotopic (exact) mass is 402 g/mol. The van der Waals surface area contributed by atoms with Crippen molar-refractivity contribution in [1.82, 2.24) is 9.21 Å². The van der Waals surface area contributed by atoms with Crippen molar-refractivity contribution in [3.05, 3.63) is 65.2 Å². The van der Waals surface area contributed by atoms with E-state index in [1.54, 1.807) is 24.1 Å². The second kappa shape index (κ2) is 8.86. The molecule has 1 fully saturated rings. The van der Waals surface area contributed by atoms with Crippen molar-refractivity contribution < 1.29 is 17.9 Å². The number of carbonyl (C=O) groups excluding carboxylic acids is 1. The van der Waals surface area contributed by atoms with Crippen LogP contribution >= 0.6 is 0 Å². The minimum absolute atomic E-state index is 0.140. The van der Waals surface area contributed by atoms with Gasteiger partial charge in [0.05, 0.1) is 18.1 Å². The van der Waals surface area contributed by atoms with Gasteiger partial charge in [0.15, 0.2) is 0 Å². The Bertz CT molecular complexity index is 920. The van der Waals surface area contributed by atoms with Gasteiger partial charge in [0, 0.05) is 32.2 Å². The fourth-order valence-electron chi connectivity index (χ4n) is 3.17. The van der Waals surface area contributed by atoms with Gasteiger partial charge in [-0.3, -0.25) is 4.79 Å². The van der Waals surface area contributed by atoms with E-state index in [0.29, 0.717) is 38.4 Å². The van der Waals surface area contributed by atoms with Crippen LogP contribution in [0, 0.1) is 0 Å². The maximum absolute atomic E-state index is 12.8. The lowest BCUT2D eigenvalue weighted by atomic mass is 10.1. The number of nitrogens with zero attached hydrogens (tertiary/aromatic N) is 2. The zero-order chi connectivity index (χ0) is 20.1. The van der Waals surface area contributed by atoms with Gasteiger partial charge in [-0.05, 0) is 35.7 Å². The molecule has 0 aliphatic carbocycles. The third kappa shape index (κ3) is 4.60. The zero-order valence-electron chi connectivity index (χ0n) is 16.3. The molecular weight excluding hydrogens is 376 g/mol. The molecule has 0 unspecified atom stereocenters. The largest absolute Gasteiger partial charge is 0.379 e. The second-order valence-electron chi connectivity index (χ2n) is 6.88. The number of carbonyl (C=O) groups is 1. The van der Waals surface area contributed by atoms with E-state index in [0.717, 1.165) is 12.0 Å². The minimum atomic E-state index is -3.63. The lowest BCUT2D eigenvalue weighted by molar-refractivity contribution is 0.0730. The Balaban J connectivity index is 1.75. The van der Waals surface area contributed by atoms with Crippen molar-refractivity contribution in [2.45, 2.75) is 24.8 Å². The molecule has 6 nitrogen and oxygen atoms in total. The number of sulfonamides is 1. The summed E-state index contributed by atoms with van der Waals surface area (Å²) >= 11 is 0. The fraction of sp³-hybridized carbons (Fsp3) is 0.381. The molecule has 0 saturated carbocycles. The topological polar surface area (TPSA) is 66.9 Å². The Kier molecular flexibility index (Phi) is 6.49. The Hall–Kier alpha value is -2.22. The average molecular weight is 403 g/mol. The molecule has 0 aromatic heterocycles. The van der Waals surface area contributed by atoms with Gasteiger partial charge in [0.1, 0.15) is 0 Å². The molecule has 0 N–H and O–H groups in total. The Morgan fingerprint density at radius 1 is 1.07 bits per heavy atom. The molecule has 1 heterocycles. The van der Waals surface area contributed by atoms with Crippen LogP contribution in [-0.4, -0.2) is 56.9 Å². The smallest absolute Gasteiger partial charge is 0.253 e. The molecule has 0 radical (unpaired) electrons. The lowest BCUT2D eigenvalue weighted by Gasteiger charge is -2.26. The van der Waals surface area contributed by atoms with Gasteiger partial charge in [0.25, 0.3) is 5.91 Å². The summed E-state index contributed by atoms with van der Waals surface area (Å²) in [6.07, 6.45) is 0.972. The molecular formula is C21H26N2O4S. The van der Waals surface area contributed by atoms with Gasteiger partial charge in [-0.1, -0.05) is 37.3 Å². The first kappa shape index (κ1) is 20.5. The molecule has 150 valence electrons. The van der Waals surface area contributed by atoms with E-state index in [4.69, 9.17) is 4.74 Å². The normalized spacial score (nSPS) is 15.4. The van der Waals surface area contributed by atoms with Crippen molar-refractivity contribution >= 4 is 15.9 Å². The van der Waals surface area contributed by atoms with Gasteiger partial charge < -0.3 is 9.64 Å². The minimum Gasteiger partial charge on any atom is -0.379 e. The van der Waals surface area contributed by atoms with Crippen LogP contribution in [0.25, 0.3) is 0 Å². The van der Waals surface area contributed by atoms with Crippen LogP contribution in [0.15, 0.2) is 53.4 Å². The van der Waals surface area contributed by atoms with E-state index in [-0.39, 0.29) is 10.8 Å². The number of aryl methyl sites for hydroxylation is 1. The summed E-state index contributed by atoms with van der Waals surface area (Å²) in [4.78, 5) is 14.6. The quantitative estimate of drug-likeness (QED) is 0.745. The lowest BCUT2D eigenvalue weighted by Crippen LogP contribution is -2.40. The molecule has 1 aliphatic rings. The molecule has 7 heteroatoms. The Morgan fingerprint density at radius 3 is 2.36 bits per heavy atom. The Labute approximate surface area is 166 Å². The number of amides is 1. The number of ether oxygens (including phenoxy) is 1. The van der Waals surface area contributed by atoms with Crippen molar-refractivity contribution in [1.29, 1.82) is 0 Å². The molecule has 2 aromatic carbocycles. The number of hydrogen-bond donors (Lipinski definition) is 0. The van der Waals surface area contributed by atoms with Crippen molar-refractivity contribution in [3.63, 3.8) is 0 Å². The fourth-order valence-corrected chi connectivity index (χ4v) is 4.63. The number of morpholine rings is 1. The molecule has 1 aliphatic heterocycles. The maximum Gasteiger partial charge on any atom is 0.253 e. The van der Waals surface area contributed by atoms with Gasteiger partial charge >= 0.3 is 0 Å². The van der Waals surface area contributed by atoms with Crippen LogP contribution in [0.1, 0.15) is 28.4 Å². The summed E-state index contributed by atoms with van der Waals surface area (Å²) < 4.78 is 32.3. The van der Waals surface area contributed by atoms with E-state index < -0.39 is 10.0 Å². The van der Waals surface area contributed by atoms with E-state index in [1.165, 1.54) is 22.0 Å². The van der Waals surface area contributed by atoms with E-state index in [9.17, 15) is 13.2 Å². The van der Waals surface area contributed by atoms with E-state index >= 15 is 0 Å². The highest BCUT2D eigenvalue weighted by molar-refractivity contribution is 7.89. The molecule has 28 heavy (non-hydrogen) atoms. The maximum atomic E-state index is 12.8. The highest BCUT2D eigenvalue weighted by Crippen LogP contribution is 2.19. The van der Waals surface area contributed by atoms with Crippen LogP contribution < -0.4 is 0 Å². The van der Waals surface area contributed by atoms with E-state index in [2.05, 4.69) is 19.1 Å². The SMILES string of the molecule is CCc1ccc(CN(C)C(=O)c2cccc(S(=O)(=O)N3CCOCC3)c2)cc1. The van der Waals surface area contributed by atoms with Crippen LogP contribution in [0.5, 0.6) is 0 Å². The number of benzene rings is 2. The zero-order valence-corrected chi connectivity index (χ0v) is 17.1. The third-order valence-electron chi connectivity index (χ3n) is 4.89. The van der Waals surface area contributed by atoms with Crippen LogP contribution in [0.2, 0.25) is 0 Å². The predicted molar refractivity (Wildman–Crippen MR) is 108 cm³/mol. The number of hydrogen-bond acceptors (Lipinski definition) is 4. The summed E-state index contributed by atoms with van der Waals surface area (Å²) in [6.45, 7) is 3.99. The molecule has 0 bridgehead atoms. The molecule has 1 saturated heterocycles. The van der Waals surface area contributed by atoms with Gasteiger partial charge in [-0.2, -0.15) is 4.31 Å². The number of rotatable bonds is 6. The van der Waals surface area contributed by atoms with Gasteiger partial charge in [0.2, 0.25) is 10.0 Å². The molecule has 3 rings (SSSR count). The average Bonchev–Trinajstić information content (AvgIpc) is 2.74. The van der Waals surface area contributed by atoms with Crippen molar-refractivity contribution in [2.75, 3.05) is 33.4 Å². The first-order chi connectivity index (χ1) is 13.4. The standard InChI is InChI=1S/C21H26N2O4S/c1-3-17-7-9-18(10-8-17)16-22(2)21(24)19-5-4-6-20(15-19)28(25,26)23-11-13-27-14-12-23/h4-10,15H,3,11-14,16H2,1-2H3. The van der Waals surface area contributed by atoms with Crippen molar-refractivity contribution in [2.24, 2.45) is 0 Å². The molecule has 1 amide bonds. The van der Waals surface area contributed by atoms with Crippen LogP contribution in [0.4, 0.5) is 0 Å². The van der Waals surface area contributed by atoms with Gasteiger partial charge in [-0.15, -0.1) is 0 Å². The van der Waals surface area contributed by atoms with Crippen LogP contribution in [-0.2, 0) is 27.7 Å². The summed E-state index contributed by atoms with van der Waals surface area (Å²) in [7, 11) is -1.91. The first-order valence-corrected chi connectivity index (χ1v) is 10.9. The third-order valence-corrected chi connectivity index (χ3v) is 6.78. The summed E-state index contributed by atoms with van der Waals surface area (Å²) in [5.74, 6) is -0.210. The van der Waals surface area contributed by atoms with Gasteiger partial charge in [-0.25, -0.2) is 8.42 Å². The molecule has 0 atom stereocenters. The van der Waals surface area contributed by atoms with Crippen LogP contribution in [0.3, 0.4) is 0 Å². The van der Waals surface area contributed by atoms with E-state index in [1.807, 2.05) is 12.1 Å². The highest BCUT2D eigenvalue weighted by Gasteiger charge is 2.27. The van der Waals surface area contributed by atoms with Crippen molar-refractivity contribution in [3.8, 4) is 0 Å². The Morgan fingerprint density at radius 2 is 1.71 bits per heavy atom. The highest BCUT2D eigenvalue weighted by atomic mass is 32.2. The second-order valence-corrected chi connectivity index (χ2v) is 8.81. The molecule has 2 aromatic rings. The summed E-state index contributed by atoms with van der Waals surface area (Å²) in [5.41, 5.74) is 2.64. The molecule has 0 spiro atoms. The predicted octanol–water partition coefficient (Wildman–Crippen LogP) is 2.54. The first-order valence-electron chi connectivity index (χ1n) is 9.43. The summed E-state index contributed by atoms with van der Waals surface area (Å²) in [6, 6.07) is 14.4.